The fraction of sp³-hybridized carbons (Fsp3) is 0.818. The van der Waals surface area contributed by atoms with Gasteiger partial charge in [-0.05, 0) is 69.6 Å². The molecule has 3 heterocycles. The number of carbonyl (C=O) groups excluding carboxylic acids is 2. The zero-order valence-corrected chi connectivity index (χ0v) is 16.4. The molecule has 2 amide bonds. The predicted molar refractivity (Wildman–Crippen MR) is 102 cm³/mol. The third-order valence-corrected chi connectivity index (χ3v) is 7.71. The molecule has 5 rings (SSSR count). The van der Waals surface area contributed by atoms with Crippen molar-refractivity contribution in [3.8, 4) is 0 Å². The summed E-state index contributed by atoms with van der Waals surface area (Å²) in [7, 11) is 0. The Labute approximate surface area is 162 Å². The number of hydrogen-bond donors (Lipinski definition) is 0. The van der Waals surface area contributed by atoms with Gasteiger partial charge in [0.2, 0.25) is 11.8 Å². The topological polar surface area (TPSA) is 49.9 Å². The van der Waals surface area contributed by atoms with Crippen molar-refractivity contribution in [1.29, 1.82) is 0 Å². The van der Waals surface area contributed by atoms with Crippen molar-refractivity contribution in [1.82, 2.24) is 9.80 Å². The van der Waals surface area contributed by atoms with Crippen LogP contribution in [0.4, 0.5) is 0 Å². The Kier molecular flexibility index (Phi) is 4.53. The number of carbonyl (C=O) groups is 2. The summed E-state index contributed by atoms with van der Waals surface area (Å²) in [5.74, 6) is 2.65. The largest absolute Gasteiger partial charge is 0.374 e. The molecule has 3 saturated heterocycles. The maximum Gasteiger partial charge on any atom is 0.249 e. The lowest BCUT2D eigenvalue weighted by Crippen LogP contribution is -2.46. The smallest absolute Gasteiger partial charge is 0.249 e. The van der Waals surface area contributed by atoms with E-state index in [1.165, 1.54) is 6.42 Å². The van der Waals surface area contributed by atoms with Gasteiger partial charge in [-0.2, -0.15) is 0 Å². The van der Waals surface area contributed by atoms with Crippen LogP contribution in [-0.2, 0) is 14.3 Å². The summed E-state index contributed by atoms with van der Waals surface area (Å²) in [6, 6.07) is 0. The lowest BCUT2D eigenvalue weighted by atomic mass is 9.87. The average molecular weight is 373 g/mol. The molecule has 0 aromatic rings. The maximum absolute atomic E-state index is 13.1. The van der Waals surface area contributed by atoms with E-state index in [4.69, 9.17) is 4.74 Å². The molecule has 5 nitrogen and oxygen atoms in total. The minimum Gasteiger partial charge on any atom is -0.374 e. The molecular formula is C22H32N2O3. The number of nitrogens with zero attached hydrogens (tertiary/aromatic N) is 2. The quantitative estimate of drug-likeness (QED) is 0.745. The van der Waals surface area contributed by atoms with E-state index >= 15 is 0 Å². The van der Waals surface area contributed by atoms with Gasteiger partial charge in [-0.15, -0.1) is 0 Å². The monoisotopic (exact) mass is 372 g/mol. The second-order valence-corrected chi connectivity index (χ2v) is 9.28. The van der Waals surface area contributed by atoms with Crippen molar-refractivity contribution < 1.29 is 14.3 Å². The lowest BCUT2D eigenvalue weighted by molar-refractivity contribution is -0.138. The number of allylic oxidation sites excluding steroid dienone is 1. The molecule has 0 N–H and O–H groups in total. The van der Waals surface area contributed by atoms with Crippen LogP contribution in [0.3, 0.4) is 0 Å². The number of rotatable bonds is 5. The first-order valence-electron chi connectivity index (χ1n) is 11.1. The van der Waals surface area contributed by atoms with Crippen LogP contribution in [0.2, 0.25) is 0 Å². The van der Waals surface area contributed by atoms with E-state index in [-0.39, 0.29) is 17.9 Å². The average Bonchev–Trinajstić information content (AvgIpc) is 3.06. The Balaban J connectivity index is 1.13. The Morgan fingerprint density at radius 1 is 1.22 bits per heavy atom. The molecule has 0 spiro atoms. The number of fused-ring (bicyclic) bond motifs is 5. The van der Waals surface area contributed by atoms with E-state index < -0.39 is 0 Å². The molecule has 3 aliphatic heterocycles. The molecule has 0 aromatic carbocycles. The zero-order chi connectivity index (χ0) is 18.5. The third-order valence-electron chi connectivity index (χ3n) is 7.71. The van der Waals surface area contributed by atoms with Gasteiger partial charge in [-0.3, -0.25) is 9.59 Å². The predicted octanol–water partition coefficient (Wildman–Crippen LogP) is 2.61. The molecule has 27 heavy (non-hydrogen) atoms. The van der Waals surface area contributed by atoms with Crippen LogP contribution in [0.15, 0.2) is 11.6 Å². The van der Waals surface area contributed by atoms with Crippen molar-refractivity contribution in [2.45, 2.75) is 64.1 Å². The van der Waals surface area contributed by atoms with Gasteiger partial charge >= 0.3 is 0 Å². The Hall–Kier alpha value is -1.36. The summed E-state index contributed by atoms with van der Waals surface area (Å²) < 4.78 is 6.04. The standard InChI is InChI=1S/C22H32N2O3/c1-2-23(22(26)18-12-19-16-11-17(16)20(18)27-19)13-14-7-9-24(10-8-14)21(25)15-5-3-4-6-15/h5,14,16-20H,2-4,6-13H2,1H3/t16-,17+,18-,19+,20+/m1/s1. The second-order valence-electron chi connectivity index (χ2n) is 9.28. The van der Waals surface area contributed by atoms with Gasteiger partial charge in [0.15, 0.2) is 0 Å². The maximum atomic E-state index is 13.1. The SMILES string of the molecule is CCN(CC1CCN(C(=O)C2=CCCC2)CC1)C(=O)[C@@H]1C[C@@H]2O[C@H]1[C@H]1C[C@H]12. The van der Waals surface area contributed by atoms with Crippen LogP contribution in [0.1, 0.15) is 51.9 Å². The van der Waals surface area contributed by atoms with Gasteiger partial charge in [0.1, 0.15) is 0 Å². The highest BCUT2D eigenvalue weighted by Crippen LogP contribution is 2.60. The first-order valence-corrected chi connectivity index (χ1v) is 11.1. The first kappa shape index (κ1) is 17.7. The van der Waals surface area contributed by atoms with Gasteiger partial charge in [-0.25, -0.2) is 0 Å². The normalized spacial score (nSPS) is 37.3. The van der Waals surface area contributed by atoms with Crippen molar-refractivity contribution >= 4 is 11.8 Å². The molecule has 0 aromatic heterocycles. The summed E-state index contributed by atoms with van der Waals surface area (Å²) in [4.78, 5) is 29.8. The number of ether oxygens (including phenoxy) is 1. The van der Waals surface area contributed by atoms with Crippen LogP contribution < -0.4 is 0 Å². The molecule has 0 radical (unpaired) electrons. The minimum atomic E-state index is 0.106. The molecule has 5 atom stereocenters. The summed E-state index contributed by atoms with van der Waals surface area (Å²) in [5, 5.41) is 0. The highest BCUT2D eigenvalue weighted by atomic mass is 16.5. The van der Waals surface area contributed by atoms with E-state index in [1.54, 1.807) is 0 Å². The van der Waals surface area contributed by atoms with Crippen LogP contribution in [0.5, 0.6) is 0 Å². The molecule has 4 fully saturated rings. The third kappa shape index (κ3) is 3.12. The van der Waals surface area contributed by atoms with Crippen molar-refractivity contribution in [2.24, 2.45) is 23.7 Å². The number of piperidine rings is 1. The molecule has 2 aliphatic carbocycles. The van der Waals surface area contributed by atoms with Gasteiger partial charge in [0.05, 0.1) is 18.1 Å². The number of hydrogen-bond acceptors (Lipinski definition) is 3. The van der Waals surface area contributed by atoms with Crippen LogP contribution in [0.25, 0.3) is 0 Å². The molecule has 148 valence electrons. The molecule has 2 bridgehead atoms. The van der Waals surface area contributed by atoms with Gasteiger partial charge in [0, 0.05) is 31.8 Å². The molecule has 0 unspecified atom stereocenters. The Morgan fingerprint density at radius 2 is 2.04 bits per heavy atom. The van der Waals surface area contributed by atoms with E-state index in [2.05, 4.69) is 17.9 Å². The van der Waals surface area contributed by atoms with Crippen LogP contribution >= 0.6 is 0 Å². The van der Waals surface area contributed by atoms with Gasteiger partial charge in [0.25, 0.3) is 0 Å². The summed E-state index contributed by atoms with van der Waals surface area (Å²) in [5.41, 5.74) is 1.02. The van der Waals surface area contributed by atoms with Crippen molar-refractivity contribution in [2.75, 3.05) is 26.2 Å². The molecule has 1 saturated carbocycles. The molecule has 5 aliphatic rings. The van der Waals surface area contributed by atoms with Crippen molar-refractivity contribution in [3.63, 3.8) is 0 Å². The van der Waals surface area contributed by atoms with E-state index in [0.717, 1.165) is 76.2 Å². The number of likely N-dealkylation sites (tertiary alicyclic amines) is 1. The first-order chi connectivity index (χ1) is 13.2. The van der Waals surface area contributed by atoms with Crippen LogP contribution in [0, 0.1) is 23.7 Å². The Bertz CT molecular complexity index is 652. The summed E-state index contributed by atoms with van der Waals surface area (Å²) >= 11 is 0. The highest BCUT2D eigenvalue weighted by molar-refractivity contribution is 5.93. The Morgan fingerprint density at radius 3 is 2.67 bits per heavy atom. The van der Waals surface area contributed by atoms with E-state index in [9.17, 15) is 9.59 Å². The van der Waals surface area contributed by atoms with E-state index in [1.807, 2.05) is 4.90 Å². The molecule has 5 heteroatoms. The van der Waals surface area contributed by atoms with Crippen LogP contribution in [-0.4, -0.2) is 60.0 Å². The second kappa shape index (κ2) is 6.91. The molecular weight excluding hydrogens is 340 g/mol. The fourth-order valence-electron chi connectivity index (χ4n) is 6.00. The fourth-order valence-corrected chi connectivity index (χ4v) is 6.00. The van der Waals surface area contributed by atoms with Gasteiger partial charge < -0.3 is 14.5 Å². The number of amides is 2. The summed E-state index contributed by atoms with van der Waals surface area (Å²) in [6.45, 7) is 5.41. The van der Waals surface area contributed by atoms with E-state index in [0.29, 0.717) is 23.8 Å². The minimum absolute atomic E-state index is 0.106. The highest BCUT2D eigenvalue weighted by Gasteiger charge is 2.64. The lowest BCUT2D eigenvalue weighted by Gasteiger charge is -2.36. The zero-order valence-electron chi connectivity index (χ0n) is 16.4. The van der Waals surface area contributed by atoms with Crippen molar-refractivity contribution in [3.05, 3.63) is 11.6 Å². The summed E-state index contributed by atoms with van der Waals surface area (Å²) in [6.07, 6.45) is 10.1. The van der Waals surface area contributed by atoms with Gasteiger partial charge in [-0.1, -0.05) is 6.08 Å².